The van der Waals surface area contributed by atoms with Crippen molar-refractivity contribution < 1.29 is 0 Å². The van der Waals surface area contributed by atoms with Gasteiger partial charge in [0.25, 0.3) is 0 Å². The Morgan fingerprint density at radius 3 is 2.22 bits per heavy atom. The zero-order valence-electron chi connectivity index (χ0n) is 10.0. The van der Waals surface area contributed by atoms with Crippen LogP contribution in [0.2, 0.25) is 5.02 Å². The zero-order valence-corrected chi connectivity index (χ0v) is 10.8. The highest BCUT2D eigenvalue weighted by Crippen LogP contribution is 2.26. The summed E-state index contributed by atoms with van der Waals surface area (Å²) >= 11 is 5.86. The third-order valence-corrected chi connectivity index (χ3v) is 3.07. The van der Waals surface area contributed by atoms with Crippen LogP contribution >= 0.6 is 11.6 Å². The summed E-state index contributed by atoms with van der Waals surface area (Å²) in [7, 11) is 0. The van der Waals surface area contributed by atoms with Gasteiger partial charge in [-0.15, -0.1) is 0 Å². The summed E-state index contributed by atoms with van der Waals surface area (Å²) < 4.78 is 0. The summed E-state index contributed by atoms with van der Waals surface area (Å²) in [5, 5.41) is 13.3. The number of halogens is 1. The molecule has 0 fully saturated rings. The van der Waals surface area contributed by atoms with Gasteiger partial charge in [-0.25, -0.2) is 0 Å². The summed E-state index contributed by atoms with van der Waals surface area (Å²) in [4.78, 5) is 0. The van der Waals surface area contributed by atoms with Crippen molar-refractivity contribution in [3.63, 3.8) is 0 Å². The fourth-order valence-electron chi connectivity index (χ4n) is 1.76. The number of hydrogen-bond acceptors (Lipinski definition) is 2. The molecule has 0 aromatic heterocycles. The molecule has 2 aromatic carbocycles. The van der Waals surface area contributed by atoms with Gasteiger partial charge in [-0.3, -0.25) is 0 Å². The largest absolute Gasteiger partial charge is 0.364 e. The normalized spacial score (nSPS) is 13.4. The van der Waals surface area contributed by atoms with Crippen LogP contribution in [0.1, 0.15) is 12.5 Å². The lowest BCUT2D eigenvalue weighted by atomic mass is 9.93. The Kier molecular flexibility index (Phi) is 3.55. The predicted molar refractivity (Wildman–Crippen MR) is 74.5 cm³/mol. The first-order chi connectivity index (χ1) is 8.64. The number of para-hydroxylation sites is 1. The van der Waals surface area contributed by atoms with E-state index in [1.165, 1.54) is 0 Å². The first kappa shape index (κ1) is 12.5. The number of hydrogen-bond donors (Lipinski definition) is 1. The average molecular weight is 257 g/mol. The second-order valence-electron chi connectivity index (χ2n) is 4.23. The predicted octanol–water partition coefficient (Wildman–Crippen LogP) is 4.19. The minimum atomic E-state index is -0.772. The molecule has 18 heavy (non-hydrogen) atoms. The average Bonchev–Trinajstić information content (AvgIpc) is 2.40. The second-order valence-corrected chi connectivity index (χ2v) is 4.67. The Bertz CT molecular complexity index is 557. The third-order valence-electron chi connectivity index (χ3n) is 2.81. The SMILES string of the molecule is CC(C#N)(Nc1ccccc1)c1ccc(Cl)cc1. The molecule has 0 radical (unpaired) electrons. The maximum atomic E-state index is 9.42. The van der Waals surface area contributed by atoms with E-state index in [0.717, 1.165) is 11.3 Å². The number of benzene rings is 2. The van der Waals surface area contributed by atoms with Gasteiger partial charge in [0.1, 0.15) is 5.54 Å². The molecule has 0 saturated carbocycles. The van der Waals surface area contributed by atoms with Crippen LogP contribution in [0, 0.1) is 11.3 Å². The van der Waals surface area contributed by atoms with E-state index in [1.54, 1.807) is 12.1 Å². The van der Waals surface area contributed by atoms with E-state index in [4.69, 9.17) is 11.6 Å². The summed E-state index contributed by atoms with van der Waals surface area (Å²) in [6, 6.07) is 19.3. The van der Waals surface area contributed by atoms with Crippen molar-refractivity contribution in [2.45, 2.75) is 12.5 Å². The smallest absolute Gasteiger partial charge is 0.148 e. The monoisotopic (exact) mass is 256 g/mol. The van der Waals surface area contributed by atoms with Crippen molar-refractivity contribution in [1.82, 2.24) is 0 Å². The van der Waals surface area contributed by atoms with Crippen LogP contribution in [0.5, 0.6) is 0 Å². The Labute approximate surface area is 112 Å². The zero-order chi connectivity index (χ0) is 13.0. The highest BCUT2D eigenvalue weighted by Gasteiger charge is 2.25. The minimum Gasteiger partial charge on any atom is -0.364 e. The number of rotatable bonds is 3. The lowest BCUT2D eigenvalue weighted by Crippen LogP contribution is -2.29. The molecule has 0 bridgehead atoms. The standard InChI is InChI=1S/C15H13ClN2/c1-15(11-17,12-7-9-13(16)10-8-12)18-14-5-3-2-4-6-14/h2-10,18H,1H3. The highest BCUT2D eigenvalue weighted by molar-refractivity contribution is 6.30. The Morgan fingerprint density at radius 2 is 1.67 bits per heavy atom. The molecule has 2 aromatic rings. The molecule has 0 amide bonds. The molecule has 0 aliphatic rings. The van der Waals surface area contributed by atoms with Gasteiger partial charge >= 0.3 is 0 Å². The van der Waals surface area contributed by atoms with Gasteiger partial charge in [-0.2, -0.15) is 5.26 Å². The first-order valence-electron chi connectivity index (χ1n) is 5.64. The lowest BCUT2D eigenvalue weighted by Gasteiger charge is -2.25. The maximum absolute atomic E-state index is 9.42. The highest BCUT2D eigenvalue weighted by atomic mass is 35.5. The Hall–Kier alpha value is -1.98. The van der Waals surface area contributed by atoms with Gasteiger partial charge in [0, 0.05) is 10.7 Å². The van der Waals surface area contributed by atoms with E-state index in [0.29, 0.717) is 5.02 Å². The van der Waals surface area contributed by atoms with Crippen molar-refractivity contribution in [3.8, 4) is 6.07 Å². The van der Waals surface area contributed by atoms with Gasteiger partial charge in [0.05, 0.1) is 6.07 Å². The molecule has 90 valence electrons. The Balaban J connectivity index is 2.32. The van der Waals surface area contributed by atoms with Gasteiger partial charge in [0.2, 0.25) is 0 Å². The molecule has 1 atom stereocenters. The molecule has 0 spiro atoms. The summed E-state index contributed by atoms with van der Waals surface area (Å²) in [5.74, 6) is 0. The van der Waals surface area contributed by atoms with E-state index in [1.807, 2.05) is 49.4 Å². The molecule has 1 N–H and O–H groups in total. The number of anilines is 1. The van der Waals surface area contributed by atoms with Crippen molar-refractivity contribution in [2.75, 3.05) is 5.32 Å². The van der Waals surface area contributed by atoms with Crippen LogP contribution in [-0.4, -0.2) is 0 Å². The van der Waals surface area contributed by atoms with E-state index in [-0.39, 0.29) is 0 Å². The van der Waals surface area contributed by atoms with Crippen LogP contribution in [0.15, 0.2) is 54.6 Å². The Morgan fingerprint density at radius 1 is 1.06 bits per heavy atom. The van der Waals surface area contributed by atoms with Crippen molar-refractivity contribution in [3.05, 3.63) is 65.2 Å². The van der Waals surface area contributed by atoms with Crippen molar-refractivity contribution in [2.24, 2.45) is 0 Å². The van der Waals surface area contributed by atoms with Gasteiger partial charge in [0.15, 0.2) is 0 Å². The van der Waals surface area contributed by atoms with E-state index in [9.17, 15) is 5.26 Å². The number of nitrogens with zero attached hydrogens (tertiary/aromatic N) is 1. The van der Waals surface area contributed by atoms with Crippen molar-refractivity contribution in [1.29, 1.82) is 5.26 Å². The molecule has 0 aliphatic heterocycles. The third kappa shape index (κ3) is 2.64. The molecular weight excluding hydrogens is 244 g/mol. The molecule has 3 heteroatoms. The van der Waals surface area contributed by atoms with Crippen molar-refractivity contribution >= 4 is 17.3 Å². The summed E-state index contributed by atoms with van der Waals surface area (Å²) in [5.41, 5.74) is 1.03. The van der Waals surface area contributed by atoms with Crippen LogP contribution in [-0.2, 0) is 5.54 Å². The quantitative estimate of drug-likeness (QED) is 0.894. The van der Waals surface area contributed by atoms with Crippen LogP contribution in [0.4, 0.5) is 5.69 Å². The molecule has 2 nitrogen and oxygen atoms in total. The van der Waals surface area contributed by atoms with Gasteiger partial charge in [-0.1, -0.05) is 41.9 Å². The van der Waals surface area contributed by atoms with Crippen LogP contribution in [0.3, 0.4) is 0 Å². The molecule has 0 aliphatic carbocycles. The first-order valence-corrected chi connectivity index (χ1v) is 6.02. The fourth-order valence-corrected chi connectivity index (χ4v) is 1.88. The topological polar surface area (TPSA) is 35.8 Å². The maximum Gasteiger partial charge on any atom is 0.148 e. The second kappa shape index (κ2) is 5.12. The van der Waals surface area contributed by atoms with Gasteiger partial charge in [-0.05, 0) is 36.8 Å². The molecule has 2 rings (SSSR count). The van der Waals surface area contributed by atoms with E-state index in [2.05, 4.69) is 11.4 Å². The van der Waals surface area contributed by atoms with Crippen LogP contribution < -0.4 is 5.32 Å². The molecule has 0 heterocycles. The number of nitrogens with one attached hydrogen (secondary N) is 1. The molecular formula is C15H13ClN2. The van der Waals surface area contributed by atoms with E-state index < -0.39 is 5.54 Å². The number of nitriles is 1. The van der Waals surface area contributed by atoms with E-state index >= 15 is 0 Å². The minimum absolute atomic E-state index is 0.666. The summed E-state index contributed by atoms with van der Waals surface area (Å²) in [6.07, 6.45) is 0. The fraction of sp³-hybridized carbons (Fsp3) is 0.133. The molecule has 1 unspecified atom stereocenters. The van der Waals surface area contributed by atoms with Crippen LogP contribution in [0.25, 0.3) is 0 Å². The lowest BCUT2D eigenvalue weighted by molar-refractivity contribution is 0.706. The van der Waals surface area contributed by atoms with Gasteiger partial charge < -0.3 is 5.32 Å². The molecule has 0 saturated heterocycles. The summed E-state index contributed by atoms with van der Waals surface area (Å²) in [6.45, 7) is 1.85.